The summed E-state index contributed by atoms with van der Waals surface area (Å²) in [5, 5.41) is 2.53. The van der Waals surface area contributed by atoms with Crippen molar-refractivity contribution in [1.29, 1.82) is 0 Å². The van der Waals surface area contributed by atoms with Gasteiger partial charge in [0.1, 0.15) is 5.69 Å². The molecule has 0 aliphatic carbocycles. The molecule has 16 heavy (non-hydrogen) atoms. The summed E-state index contributed by atoms with van der Waals surface area (Å²) >= 11 is 17.6. The van der Waals surface area contributed by atoms with Crippen LogP contribution in [-0.2, 0) is 18.4 Å². The smallest absolute Gasteiger partial charge is 0.222 e. The van der Waals surface area contributed by atoms with E-state index in [0.717, 1.165) is 10.5 Å². The zero-order valence-electron chi connectivity index (χ0n) is 7.26. The Morgan fingerprint density at radius 3 is 2.06 bits per heavy atom. The van der Waals surface area contributed by atoms with Gasteiger partial charge < -0.3 is 0 Å². The summed E-state index contributed by atoms with van der Waals surface area (Å²) in [7, 11) is -3.47. The summed E-state index contributed by atoms with van der Waals surface area (Å²) in [5.41, 5.74) is 0.239. The maximum Gasteiger partial charge on any atom is 0.538 e. The van der Waals surface area contributed by atoms with E-state index in [2.05, 4.69) is 9.25 Å². The minimum absolute atomic E-state index is 0.213. The lowest BCUT2D eigenvalue weighted by Gasteiger charge is -2.22. The monoisotopic (exact) mass is 302 g/mol. The topological polar surface area (TPSA) is 51.2 Å². The van der Waals surface area contributed by atoms with Crippen LogP contribution in [0.25, 0.3) is 0 Å². The quantitative estimate of drug-likeness (QED) is 0.739. The highest BCUT2D eigenvalue weighted by Crippen LogP contribution is 2.68. The molecule has 0 spiro atoms. The zero-order valence-corrected chi connectivity index (χ0v) is 10.4. The van der Waals surface area contributed by atoms with Gasteiger partial charge >= 0.3 is 7.82 Å². The van der Waals surface area contributed by atoms with Crippen LogP contribution < -0.4 is 5.17 Å². The standard InChI is InChI=1S/C6H2Cl3N2O4P/c7-3-1-4(8)6(5(9)2-3)10-11-14-16(12,13-10)15-11/h1-2H. The molecule has 1 aromatic carbocycles. The molecule has 10 heteroatoms. The molecule has 6 nitrogen and oxygen atoms in total. The molecule has 2 bridgehead atoms. The maximum absolute atomic E-state index is 11.3. The number of halogens is 3. The van der Waals surface area contributed by atoms with Crippen molar-refractivity contribution in [2.75, 3.05) is 5.17 Å². The predicted octanol–water partition coefficient (Wildman–Crippen LogP) is 3.60. The van der Waals surface area contributed by atoms with E-state index >= 15 is 0 Å². The van der Waals surface area contributed by atoms with Gasteiger partial charge in [-0.2, -0.15) is 0 Å². The average molecular weight is 303 g/mol. The highest BCUT2D eigenvalue weighted by molar-refractivity contribution is 7.49. The fourth-order valence-corrected chi connectivity index (χ4v) is 3.08. The molecule has 0 radical (unpaired) electrons. The highest BCUT2D eigenvalue weighted by Gasteiger charge is 2.60. The van der Waals surface area contributed by atoms with Crippen molar-refractivity contribution in [3.8, 4) is 0 Å². The first kappa shape index (κ1) is 11.1. The number of phosphoric acid groups is 1. The molecule has 1 aromatic rings. The van der Waals surface area contributed by atoms with Crippen molar-refractivity contribution in [1.82, 2.24) is 5.34 Å². The van der Waals surface area contributed by atoms with Crippen molar-refractivity contribution < 1.29 is 18.4 Å². The molecular weight excluding hydrogens is 301 g/mol. The SMILES string of the molecule is O=P12ON(O1)N(c1c(Cl)cc(Cl)cc1Cl)O2. The third-order valence-corrected chi connectivity index (χ3v) is 3.67. The van der Waals surface area contributed by atoms with Gasteiger partial charge in [0.05, 0.1) is 15.4 Å². The Hall–Kier alpha value is -0.0400. The Balaban J connectivity index is 2.05. The van der Waals surface area contributed by atoms with E-state index < -0.39 is 7.82 Å². The van der Waals surface area contributed by atoms with Gasteiger partial charge in [-0.1, -0.05) is 34.8 Å². The molecule has 3 fully saturated rings. The van der Waals surface area contributed by atoms with Gasteiger partial charge in [-0.15, -0.1) is 19.0 Å². The Morgan fingerprint density at radius 2 is 1.62 bits per heavy atom. The van der Waals surface area contributed by atoms with Crippen molar-refractivity contribution in [2.24, 2.45) is 0 Å². The van der Waals surface area contributed by atoms with E-state index in [1.807, 2.05) is 0 Å². The minimum atomic E-state index is -3.47. The second kappa shape index (κ2) is 3.48. The van der Waals surface area contributed by atoms with Gasteiger partial charge in [-0.25, -0.2) is 4.57 Å². The lowest BCUT2D eigenvalue weighted by atomic mass is 10.3. The predicted molar refractivity (Wildman–Crippen MR) is 56.7 cm³/mol. The van der Waals surface area contributed by atoms with Crippen LogP contribution in [0.5, 0.6) is 0 Å². The van der Waals surface area contributed by atoms with E-state index in [0.29, 0.717) is 5.02 Å². The van der Waals surface area contributed by atoms with Crippen LogP contribution >= 0.6 is 42.6 Å². The first-order valence-electron chi connectivity index (χ1n) is 3.92. The summed E-state index contributed by atoms with van der Waals surface area (Å²) in [6.45, 7) is 0. The third-order valence-electron chi connectivity index (χ3n) is 1.84. The number of hydrogen-bond donors (Lipinski definition) is 0. The summed E-state index contributed by atoms with van der Waals surface area (Å²) in [6.07, 6.45) is 0. The number of anilines is 1. The fraction of sp³-hybridized carbons (Fsp3) is 0. The Kier molecular flexibility index (Phi) is 2.41. The molecule has 0 amide bonds. The van der Waals surface area contributed by atoms with Gasteiger partial charge in [0, 0.05) is 5.02 Å². The van der Waals surface area contributed by atoms with Crippen molar-refractivity contribution in [3.63, 3.8) is 0 Å². The summed E-state index contributed by atoms with van der Waals surface area (Å²) in [5.74, 6) is 0. The van der Waals surface area contributed by atoms with Crippen LogP contribution in [0.1, 0.15) is 0 Å². The van der Waals surface area contributed by atoms with E-state index in [-0.39, 0.29) is 15.7 Å². The Morgan fingerprint density at radius 1 is 1.06 bits per heavy atom. The molecule has 0 unspecified atom stereocenters. The first-order chi connectivity index (χ1) is 7.48. The van der Waals surface area contributed by atoms with Crippen LogP contribution in [0.15, 0.2) is 12.1 Å². The largest absolute Gasteiger partial charge is 0.538 e. The van der Waals surface area contributed by atoms with Gasteiger partial charge in [0.2, 0.25) is 0 Å². The zero-order chi connectivity index (χ0) is 11.5. The van der Waals surface area contributed by atoms with Crippen molar-refractivity contribution in [2.45, 2.75) is 0 Å². The van der Waals surface area contributed by atoms with E-state index in [1.54, 1.807) is 0 Å². The lowest BCUT2D eigenvalue weighted by Crippen LogP contribution is -2.34. The van der Waals surface area contributed by atoms with E-state index in [4.69, 9.17) is 39.4 Å². The summed E-state index contributed by atoms with van der Waals surface area (Å²) < 4.78 is 25.5. The number of hydrazine groups is 1. The van der Waals surface area contributed by atoms with Crippen LogP contribution in [-0.4, -0.2) is 5.34 Å². The number of hydrogen-bond acceptors (Lipinski definition) is 6. The summed E-state index contributed by atoms with van der Waals surface area (Å²) in [6, 6.07) is 2.92. The fourth-order valence-electron chi connectivity index (χ4n) is 1.24. The first-order valence-corrected chi connectivity index (χ1v) is 6.52. The second-order valence-electron chi connectivity index (χ2n) is 2.92. The molecule has 0 atom stereocenters. The molecular formula is C6H2Cl3N2O4P. The molecule has 3 heterocycles. The molecule has 3 aliphatic heterocycles. The third kappa shape index (κ3) is 1.54. The Labute approximate surface area is 105 Å². The minimum Gasteiger partial charge on any atom is -0.222 e. The number of benzene rings is 1. The number of nitrogens with zero attached hydrogens (tertiary/aromatic N) is 2. The van der Waals surface area contributed by atoms with Crippen LogP contribution in [0.2, 0.25) is 15.1 Å². The lowest BCUT2D eigenvalue weighted by molar-refractivity contribution is -0.318. The molecule has 3 aliphatic rings. The summed E-state index contributed by atoms with van der Waals surface area (Å²) in [4.78, 5) is 0. The average Bonchev–Trinajstić information content (AvgIpc) is 2.55. The second-order valence-corrected chi connectivity index (χ2v) is 5.56. The van der Waals surface area contributed by atoms with Gasteiger partial charge in [0.25, 0.3) is 0 Å². The molecule has 0 saturated carbocycles. The number of fused-ring (bicyclic) bond motifs is 1. The van der Waals surface area contributed by atoms with Gasteiger partial charge in [-0.05, 0) is 12.1 Å². The molecule has 4 rings (SSSR count). The van der Waals surface area contributed by atoms with E-state index in [9.17, 15) is 4.57 Å². The molecule has 3 saturated heterocycles. The van der Waals surface area contributed by atoms with Crippen LogP contribution in [0.3, 0.4) is 0 Å². The van der Waals surface area contributed by atoms with Gasteiger partial charge in [-0.3, -0.25) is 0 Å². The Bertz CT molecular complexity index is 493. The van der Waals surface area contributed by atoms with Crippen molar-refractivity contribution in [3.05, 3.63) is 27.2 Å². The number of rotatable bonds is 1. The molecule has 86 valence electrons. The highest BCUT2D eigenvalue weighted by atomic mass is 35.5. The molecule has 0 N–H and O–H groups in total. The van der Waals surface area contributed by atoms with Crippen LogP contribution in [0, 0.1) is 0 Å². The van der Waals surface area contributed by atoms with Crippen molar-refractivity contribution >= 4 is 48.3 Å². The van der Waals surface area contributed by atoms with Crippen LogP contribution in [0.4, 0.5) is 5.69 Å². The van der Waals surface area contributed by atoms with E-state index in [1.165, 1.54) is 12.1 Å². The molecule has 0 aromatic heterocycles. The normalized spacial score (nSPS) is 31.7. The maximum atomic E-state index is 11.3. The van der Waals surface area contributed by atoms with Gasteiger partial charge in [0.15, 0.2) is 0 Å².